The number of thioether (sulfide) groups is 1. The van der Waals surface area contributed by atoms with Crippen molar-refractivity contribution in [1.82, 2.24) is 10.2 Å². The highest BCUT2D eigenvalue weighted by molar-refractivity contribution is 7.99. The zero-order chi connectivity index (χ0) is 18.0. The van der Waals surface area contributed by atoms with Gasteiger partial charge in [-0.1, -0.05) is 35.3 Å². The van der Waals surface area contributed by atoms with Crippen molar-refractivity contribution in [2.75, 3.05) is 12.3 Å². The third kappa shape index (κ3) is 3.78. The Labute approximate surface area is 160 Å². The Morgan fingerprint density at radius 3 is 2.16 bits per heavy atom. The Morgan fingerprint density at radius 2 is 1.56 bits per heavy atom. The van der Waals surface area contributed by atoms with Gasteiger partial charge in [0, 0.05) is 27.2 Å². The summed E-state index contributed by atoms with van der Waals surface area (Å²) in [4.78, 5) is 27.4. The fraction of sp³-hybridized carbons (Fsp3) is 0.222. The lowest BCUT2D eigenvalue weighted by Crippen LogP contribution is -2.41. The van der Waals surface area contributed by atoms with Gasteiger partial charge in [-0.25, -0.2) is 4.79 Å². The van der Waals surface area contributed by atoms with E-state index in [0.717, 1.165) is 4.90 Å². The highest BCUT2D eigenvalue weighted by atomic mass is 35.5. The van der Waals surface area contributed by atoms with Gasteiger partial charge in [-0.2, -0.15) is 0 Å². The van der Waals surface area contributed by atoms with E-state index in [-0.39, 0.29) is 11.9 Å². The number of urea groups is 1. The molecule has 3 amide bonds. The van der Waals surface area contributed by atoms with Crippen molar-refractivity contribution in [3.8, 4) is 0 Å². The normalized spacial score (nSPS) is 20.0. The third-order valence-corrected chi connectivity index (χ3v) is 5.59. The maximum atomic E-state index is 12.8. The average Bonchev–Trinajstić information content (AvgIpc) is 2.81. The molecule has 1 saturated heterocycles. The van der Waals surface area contributed by atoms with Crippen molar-refractivity contribution in [2.24, 2.45) is 0 Å². The van der Waals surface area contributed by atoms with Crippen molar-refractivity contribution in [3.05, 3.63) is 64.1 Å². The maximum Gasteiger partial charge on any atom is 0.325 e. The molecule has 2 aromatic carbocycles. The van der Waals surface area contributed by atoms with Crippen molar-refractivity contribution in [2.45, 2.75) is 17.4 Å². The monoisotopic (exact) mass is 394 g/mol. The Bertz CT molecular complexity index is 796. The molecule has 0 saturated carbocycles. The highest BCUT2D eigenvalue weighted by Crippen LogP contribution is 2.30. The third-order valence-electron chi connectivity index (χ3n) is 4.09. The molecule has 4 nitrogen and oxygen atoms in total. The predicted molar refractivity (Wildman–Crippen MR) is 101 cm³/mol. The molecular formula is C18H16Cl2N2O2S. The largest absolute Gasteiger partial charge is 0.325 e. The van der Waals surface area contributed by atoms with E-state index >= 15 is 0 Å². The van der Waals surface area contributed by atoms with Crippen LogP contribution >= 0.6 is 35.0 Å². The minimum Gasteiger partial charge on any atom is -0.319 e. The van der Waals surface area contributed by atoms with Crippen LogP contribution in [-0.2, 0) is 10.3 Å². The second kappa shape index (κ2) is 7.28. The van der Waals surface area contributed by atoms with E-state index in [1.54, 1.807) is 43.0 Å². The standard InChI is InChI=1S/C18H16Cl2N2O2S/c1-18(12-2-4-13(19)5-3-12)16(23)22(17(24)21-18)10-11-25-15-8-6-14(20)7-9-15/h2-9H,10-11H2,1H3,(H,21,24)/t18-/m1/s1. The minimum atomic E-state index is -1.06. The lowest BCUT2D eigenvalue weighted by atomic mass is 9.92. The number of nitrogens with one attached hydrogen (secondary N) is 1. The van der Waals surface area contributed by atoms with Gasteiger partial charge in [0.2, 0.25) is 0 Å². The fourth-order valence-corrected chi connectivity index (χ4v) is 3.75. The van der Waals surface area contributed by atoms with Crippen molar-refractivity contribution in [1.29, 1.82) is 0 Å². The molecule has 1 aliphatic rings. The fourth-order valence-electron chi connectivity index (χ4n) is 2.66. The quantitative estimate of drug-likeness (QED) is 0.597. The molecule has 2 aromatic rings. The van der Waals surface area contributed by atoms with Crippen LogP contribution in [0.4, 0.5) is 4.79 Å². The summed E-state index contributed by atoms with van der Waals surface area (Å²) in [7, 11) is 0. The zero-order valence-electron chi connectivity index (χ0n) is 13.5. The Kier molecular flexibility index (Phi) is 5.27. The van der Waals surface area contributed by atoms with Crippen LogP contribution in [0.3, 0.4) is 0 Å². The van der Waals surface area contributed by atoms with Gasteiger partial charge < -0.3 is 5.32 Å². The van der Waals surface area contributed by atoms with E-state index < -0.39 is 5.54 Å². The number of amides is 3. The number of halogens is 2. The Morgan fingerprint density at radius 1 is 1.00 bits per heavy atom. The van der Waals surface area contributed by atoms with Crippen LogP contribution in [0.1, 0.15) is 12.5 Å². The van der Waals surface area contributed by atoms with E-state index in [0.29, 0.717) is 27.9 Å². The van der Waals surface area contributed by atoms with E-state index in [9.17, 15) is 9.59 Å². The first-order valence-electron chi connectivity index (χ1n) is 7.69. The molecule has 0 bridgehead atoms. The maximum absolute atomic E-state index is 12.8. The number of benzene rings is 2. The summed E-state index contributed by atoms with van der Waals surface area (Å²) in [6.45, 7) is 2.05. The summed E-state index contributed by atoms with van der Waals surface area (Å²) in [5, 5.41) is 4.05. The van der Waals surface area contributed by atoms with E-state index in [4.69, 9.17) is 23.2 Å². The van der Waals surface area contributed by atoms with Gasteiger partial charge in [-0.05, 0) is 48.9 Å². The first kappa shape index (κ1) is 18.1. The molecule has 7 heteroatoms. The van der Waals surface area contributed by atoms with Crippen LogP contribution in [0.5, 0.6) is 0 Å². The molecule has 130 valence electrons. The van der Waals surface area contributed by atoms with E-state index in [2.05, 4.69) is 5.32 Å². The summed E-state index contributed by atoms with van der Waals surface area (Å²) in [6, 6.07) is 14.0. The van der Waals surface area contributed by atoms with Crippen molar-refractivity contribution in [3.63, 3.8) is 0 Å². The van der Waals surface area contributed by atoms with Crippen LogP contribution in [0.25, 0.3) is 0 Å². The predicted octanol–water partition coefficient (Wildman–Crippen LogP) is 4.55. The van der Waals surface area contributed by atoms with Gasteiger partial charge in [-0.3, -0.25) is 9.69 Å². The van der Waals surface area contributed by atoms with Gasteiger partial charge in [0.25, 0.3) is 5.91 Å². The second-order valence-corrected chi connectivity index (χ2v) is 7.86. The van der Waals surface area contributed by atoms with Crippen LogP contribution in [0.2, 0.25) is 10.0 Å². The Hall–Kier alpha value is -1.69. The molecule has 0 spiro atoms. The summed E-state index contributed by atoms with van der Waals surface area (Å²) in [5.74, 6) is 0.355. The van der Waals surface area contributed by atoms with Gasteiger partial charge in [-0.15, -0.1) is 11.8 Å². The van der Waals surface area contributed by atoms with E-state index in [1.807, 2.05) is 24.3 Å². The lowest BCUT2D eigenvalue weighted by Gasteiger charge is -2.22. The molecule has 3 rings (SSSR count). The molecule has 1 atom stereocenters. The first-order chi connectivity index (χ1) is 11.9. The summed E-state index contributed by atoms with van der Waals surface area (Å²) >= 11 is 13.3. The van der Waals surface area contributed by atoms with Crippen molar-refractivity contribution < 1.29 is 9.59 Å². The molecule has 1 aliphatic heterocycles. The molecule has 0 radical (unpaired) electrons. The SMILES string of the molecule is C[C@]1(c2ccc(Cl)cc2)NC(=O)N(CCSc2ccc(Cl)cc2)C1=O. The molecule has 0 unspecified atom stereocenters. The van der Waals surface area contributed by atoms with Gasteiger partial charge in [0.15, 0.2) is 0 Å². The molecule has 1 N–H and O–H groups in total. The number of imide groups is 1. The van der Waals surface area contributed by atoms with Crippen LogP contribution in [0.15, 0.2) is 53.4 Å². The summed E-state index contributed by atoms with van der Waals surface area (Å²) in [6.07, 6.45) is 0. The number of hydrogen-bond acceptors (Lipinski definition) is 3. The summed E-state index contributed by atoms with van der Waals surface area (Å²) < 4.78 is 0. The molecular weight excluding hydrogens is 379 g/mol. The number of hydrogen-bond donors (Lipinski definition) is 1. The lowest BCUT2D eigenvalue weighted by molar-refractivity contribution is -0.130. The molecule has 0 aromatic heterocycles. The second-order valence-electron chi connectivity index (χ2n) is 5.82. The Balaban J connectivity index is 1.66. The zero-order valence-corrected chi connectivity index (χ0v) is 15.8. The van der Waals surface area contributed by atoms with Gasteiger partial charge in [0.1, 0.15) is 5.54 Å². The van der Waals surface area contributed by atoms with Crippen LogP contribution in [-0.4, -0.2) is 29.1 Å². The number of nitrogens with zero attached hydrogens (tertiary/aromatic N) is 1. The molecule has 1 fully saturated rings. The highest BCUT2D eigenvalue weighted by Gasteiger charge is 2.48. The minimum absolute atomic E-state index is 0.253. The molecule has 1 heterocycles. The van der Waals surface area contributed by atoms with Crippen LogP contribution in [0, 0.1) is 0 Å². The average molecular weight is 395 g/mol. The van der Waals surface area contributed by atoms with E-state index in [1.165, 1.54) is 4.90 Å². The smallest absolute Gasteiger partial charge is 0.319 e. The van der Waals surface area contributed by atoms with Gasteiger partial charge >= 0.3 is 6.03 Å². The first-order valence-corrected chi connectivity index (χ1v) is 9.43. The number of carbonyl (C=O) groups excluding carboxylic acids is 2. The van der Waals surface area contributed by atoms with Gasteiger partial charge in [0.05, 0.1) is 0 Å². The molecule has 0 aliphatic carbocycles. The van der Waals surface area contributed by atoms with Crippen molar-refractivity contribution >= 4 is 46.9 Å². The molecule has 25 heavy (non-hydrogen) atoms. The number of rotatable bonds is 5. The number of carbonyl (C=O) groups is 2. The topological polar surface area (TPSA) is 49.4 Å². The van der Waals surface area contributed by atoms with Crippen LogP contribution < -0.4 is 5.32 Å². The summed E-state index contributed by atoms with van der Waals surface area (Å²) in [5.41, 5.74) is -0.352.